The molecule has 5 nitrogen and oxygen atoms in total. The first kappa shape index (κ1) is 10.6. The fourth-order valence-electron chi connectivity index (χ4n) is 1.16. The second kappa shape index (κ2) is 4.17. The van der Waals surface area contributed by atoms with Gasteiger partial charge in [0.15, 0.2) is 0 Å². The van der Waals surface area contributed by atoms with E-state index >= 15 is 0 Å². The molecule has 0 aliphatic carbocycles. The van der Waals surface area contributed by atoms with E-state index in [0.717, 1.165) is 0 Å². The van der Waals surface area contributed by atoms with Crippen LogP contribution in [0.1, 0.15) is 17.2 Å². The summed E-state index contributed by atoms with van der Waals surface area (Å²) in [5.41, 5.74) is 6.74. The number of nitro benzene ring substituents is 1. The molecule has 3 N–H and O–H groups in total. The van der Waals surface area contributed by atoms with E-state index in [0.29, 0.717) is 11.1 Å². The lowest BCUT2D eigenvalue weighted by atomic mass is 10.1. The Bertz CT molecular complexity index is 352. The van der Waals surface area contributed by atoms with Crippen LogP contribution in [0.5, 0.6) is 0 Å². The number of rotatable bonds is 3. The third-order valence-corrected chi connectivity index (χ3v) is 2.05. The highest BCUT2D eigenvalue weighted by Gasteiger charge is 2.13. The maximum atomic E-state index is 10.6. The summed E-state index contributed by atoms with van der Waals surface area (Å²) < 4.78 is 0. The lowest BCUT2D eigenvalue weighted by Crippen LogP contribution is -2.14. The van der Waals surface area contributed by atoms with E-state index < -0.39 is 11.0 Å². The molecule has 0 spiro atoms. The summed E-state index contributed by atoms with van der Waals surface area (Å²) in [6, 6.07) is 4.15. The Hall–Kier alpha value is -1.46. The van der Waals surface area contributed by atoms with E-state index in [2.05, 4.69) is 0 Å². The highest BCUT2D eigenvalue weighted by Crippen LogP contribution is 2.21. The maximum absolute atomic E-state index is 10.6. The summed E-state index contributed by atoms with van der Waals surface area (Å²) in [5, 5.41) is 19.4. The summed E-state index contributed by atoms with van der Waals surface area (Å²) in [5.74, 6) is 0. The fraction of sp³-hybridized carbons (Fsp3) is 0.333. The summed E-state index contributed by atoms with van der Waals surface area (Å²) in [4.78, 5) is 10.1. The van der Waals surface area contributed by atoms with Crippen LogP contribution in [0, 0.1) is 17.0 Å². The summed E-state index contributed by atoms with van der Waals surface area (Å²) in [6.07, 6.45) is 0. The lowest BCUT2D eigenvalue weighted by molar-refractivity contribution is -0.385. The van der Waals surface area contributed by atoms with Crippen molar-refractivity contribution in [2.75, 3.05) is 6.61 Å². The van der Waals surface area contributed by atoms with Crippen molar-refractivity contribution in [1.29, 1.82) is 0 Å². The van der Waals surface area contributed by atoms with Crippen LogP contribution in [0.3, 0.4) is 0 Å². The number of nitrogens with zero attached hydrogens (tertiary/aromatic N) is 1. The standard InChI is InChI=1S/C9H12N2O3/c1-6-2-3-7(8(10)5-12)4-9(6)11(13)14/h2-4,8,12H,5,10H2,1H3/t8-/m0/s1. The number of hydrogen-bond acceptors (Lipinski definition) is 4. The van der Waals surface area contributed by atoms with Crippen molar-refractivity contribution in [1.82, 2.24) is 0 Å². The molecule has 1 atom stereocenters. The Labute approximate surface area is 81.3 Å². The average molecular weight is 196 g/mol. The van der Waals surface area contributed by atoms with Crippen LogP contribution in [-0.2, 0) is 0 Å². The molecule has 0 saturated heterocycles. The largest absolute Gasteiger partial charge is 0.394 e. The Kier molecular flexibility index (Phi) is 3.16. The van der Waals surface area contributed by atoms with Gasteiger partial charge in [-0.2, -0.15) is 0 Å². The number of aliphatic hydroxyl groups is 1. The first-order chi connectivity index (χ1) is 6.56. The van der Waals surface area contributed by atoms with Gasteiger partial charge in [-0.25, -0.2) is 0 Å². The molecule has 0 fully saturated rings. The first-order valence-corrected chi connectivity index (χ1v) is 4.17. The molecule has 5 heteroatoms. The van der Waals surface area contributed by atoms with Gasteiger partial charge >= 0.3 is 0 Å². The maximum Gasteiger partial charge on any atom is 0.272 e. The first-order valence-electron chi connectivity index (χ1n) is 4.17. The molecule has 0 heterocycles. The number of nitro groups is 1. The Morgan fingerprint density at radius 2 is 2.29 bits per heavy atom. The van der Waals surface area contributed by atoms with E-state index in [-0.39, 0.29) is 12.3 Å². The Morgan fingerprint density at radius 3 is 2.79 bits per heavy atom. The van der Waals surface area contributed by atoms with Crippen molar-refractivity contribution in [3.8, 4) is 0 Å². The van der Waals surface area contributed by atoms with Crippen molar-refractivity contribution >= 4 is 5.69 Å². The van der Waals surface area contributed by atoms with Crippen LogP contribution >= 0.6 is 0 Å². The van der Waals surface area contributed by atoms with Gasteiger partial charge in [0.1, 0.15) is 0 Å². The zero-order valence-corrected chi connectivity index (χ0v) is 7.80. The predicted octanol–water partition coefficient (Wildman–Crippen LogP) is 0.895. The summed E-state index contributed by atoms with van der Waals surface area (Å²) in [7, 11) is 0. The molecule has 0 radical (unpaired) electrons. The Balaban J connectivity index is 3.12. The van der Waals surface area contributed by atoms with Crippen molar-refractivity contribution in [3.63, 3.8) is 0 Å². The molecule has 1 rings (SSSR count). The number of nitrogens with two attached hydrogens (primary N) is 1. The smallest absolute Gasteiger partial charge is 0.272 e. The molecule has 0 unspecified atom stereocenters. The highest BCUT2D eigenvalue weighted by molar-refractivity contribution is 5.43. The molecule has 76 valence electrons. The van der Waals surface area contributed by atoms with Crippen molar-refractivity contribution in [2.45, 2.75) is 13.0 Å². The fourth-order valence-corrected chi connectivity index (χ4v) is 1.16. The number of benzene rings is 1. The molecule has 1 aromatic carbocycles. The molecular formula is C9H12N2O3. The topological polar surface area (TPSA) is 89.4 Å². The van der Waals surface area contributed by atoms with E-state index in [1.807, 2.05) is 0 Å². The van der Waals surface area contributed by atoms with E-state index in [4.69, 9.17) is 10.8 Å². The van der Waals surface area contributed by atoms with E-state index in [1.54, 1.807) is 19.1 Å². The highest BCUT2D eigenvalue weighted by atomic mass is 16.6. The minimum absolute atomic E-state index is 0.0337. The van der Waals surface area contributed by atoms with Crippen LogP contribution in [0.15, 0.2) is 18.2 Å². The molecule has 0 saturated carbocycles. The van der Waals surface area contributed by atoms with E-state index in [1.165, 1.54) is 6.07 Å². The average Bonchev–Trinajstić information content (AvgIpc) is 2.17. The minimum atomic E-state index is -0.561. The van der Waals surface area contributed by atoms with Crippen LogP contribution in [0.2, 0.25) is 0 Å². The monoisotopic (exact) mass is 196 g/mol. The molecule has 1 aromatic rings. The number of aliphatic hydroxyl groups excluding tert-OH is 1. The van der Waals surface area contributed by atoms with E-state index in [9.17, 15) is 10.1 Å². The number of aryl methyl sites for hydroxylation is 1. The SMILES string of the molecule is Cc1ccc([C@@H](N)CO)cc1[N+](=O)[O-]. The van der Waals surface area contributed by atoms with Gasteiger partial charge in [-0.3, -0.25) is 10.1 Å². The molecule has 0 bridgehead atoms. The number of hydrogen-bond donors (Lipinski definition) is 2. The van der Waals surface area contributed by atoms with Crippen molar-refractivity contribution < 1.29 is 10.0 Å². The second-order valence-electron chi connectivity index (χ2n) is 3.09. The molecule has 0 aliphatic rings. The molecule has 0 aliphatic heterocycles. The molecule has 0 aromatic heterocycles. The van der Waals surface area contributed by atoms with Gasteiger partial charge in [-0.1, -0.05) is 12.1 Å². The van der Waals surface area contributed by atoms with Gasteiger partial charge in [0.25, 0.3) is 5.69 Å². The third-order valence-electron chi connectivity index (χ3n) is 2.05. The van der Waals surface area contributed by atoms with Gasteiger partial charge in [0.2, 0.25) is 0 Å². The third kappa shape index (κ3) is 2.07. The predicted molar refractivity (Wildman–Crippen MR) is 51.8 cm³/mol. The van der Waals surface area contributed by atoms with Crippen LogP contribution in [0.25, 0.3) is 0 Å². The molecule has 14 heavy (non-hydrogen) atoms. The zero-order valence-electron chi connectivity index (χ0n) is 7.80. The molecule has 0 amide bonds. The summed E-state index contributed by atoms with van der Waals surface area (Å²) >= 11 is 0. The van der Waals surface area contributed by atoms with Crippen molar-refractivity contribution in [3.05, 3.63) is 39.4 Å². The van der Waals surface area contributed by atoms with Gasteiger partial charge in [0.05, 0.1) is 17.6 Å². The van der Waals surface area contributed by atoms with Crippen LogP contribution in [0.4, 0.5) is 5.69 Å². The van der Waals surface area contributed by atoms with Crippen LogP contribution < -0.4 is 5.73 Å². The quantitative estimate of drug-likeness (QED) is 0.555. The van der Waals surface area contributed by atoms with Gasteiger partial charge < -0.3 is 10.8 Å². The minimum Gasteiger partial charge on any atom is -0.394 e. The normalized spacial score (nSPS) is 12.5. The van der Waals surface area contributed by atoms with Gasteiger partial charge in [-0.05, 0) is 12.5 Å². The second-order valence-corrected chi connectivity index (χ2v) is 3.09. The lowest BCUT2D eigenvalue weighted by Gasteiger charge is -2.08. The molecular weight excluding hydrogens is 184 g/mol. The van der Waals surface area contributed by atoms with Gasteiger partial charge in [0, 0.05) is 11.6 Å². The van der Waals surface area contributed by atoms with Gasteiger partial charge in [-0.15, -0.1) is 0 Å². The Morgan fingerprint density at radius 1 is 1.64 bits per heavy atom. The van der Waals surface area contributed by atoms with Crippen LogP contribution in [-0.4, -0.2) is 16.6 Å². The summed E-state index contributed by atoms with van der Waals surface area (Å²) in [6.45, 7) is 1.44. The van der Waals surface area contributed by atoms with Crippen molar-refractivity contribution in [2.24, 2.45) is 5.73 Å². The zero-order chi connectivity index (χ0) is 10.7.